The molecule has 0 fully saturated rings. The van der Waals surface area contributed by atoms with Crippen LogP contribution in [-0.2, 0) is 41.4 Å². The molecule has 0 saturated heterocycles. The van der Waals surface area contributed by atoms with Gasteiger partial charge in [-0.1, -0.05) is 6.92 Å². The Hall–Kier alpha value is -2.72. The quantitative estimate of drug-likeness (QED) is 0.594. The van der Waals surface area contributed by atoms with E-state index in [0.717, 1.165) is 29.9 Å². The Bertz CT molecular complexity index is 1130. The first kappa shape index (κ1) is 21.0. The van der Waals surface area contributed by atoms with Crippen LogP contribution in [0.3, 0.4) is 0 Å². The summed E-state index contributed by atoms with van der Waals surface area (Å²) in [4.78, 5) is 18.8. The van der Waals surface area contributed by atoms with Gasteiger partial charge in [0.2, 0.25) is 15.9 Å². The third-order valence-electron chi connectivity index (χ3n) is 4.74. The van der Waals surface area contributed by atoms with Crippen molar-refractivity contribution in [3.63, 3.8) is 0 Å². The van der Waals surface area contributed by atoms with Gasteiger partial charge in [-0.05, 0) is 24.6 Å². The molecule has 0 atom stereocenters. The number of amides is 1. The van der Waals surface area contributed by atoms with Gasteiger partial charge in [-0.15, -0.1) is 0 Å². The van der Waals surface area contributed by atoms with E-state index in [-0.39, 0.29) is 10.8 Å². The Morgan fingerprint density at radius 2 is 2.07 bits per heavy atom. The van der Waals surface area contributed by atoms with Gasteiger partial charge in [-0.25, -0.2) is 18.5 Å². The van der Waals surface area contributed by atoms with Gasteiger partial charge in [0.25, 0.3) is 0 Å². The van der Waals surface area contributed by atoms with Crippen molar-refractivity contribution in [2.75, 3.05) is 7.05 Å². The number of rotatable bonds is 8. The van der Waals surface area contributed by atoms with Gasteiger partial charge in [-0.2, -0.15) is 5.10 Å². The second-order valence-corrected chi connectivity index (χ2v) is 8.71. The number of aryl methyl sites for hydroxylation is 3. The molecule has 0 aliphatic heterocycles. The summed E-state index contributed by atoms with van der Waals surface area (Å²) in [5.41, 5.74) is 2.37. The second kappa shape index (κ2) is 8.34. The molecular weight excluding hydrogens is 392 g/mol. The predicted molar refractivity (Wildman–Crippen MR) is 109 cm³/mol. The van der Waals surface area contributed by atoms with Crippen LogP contribution in [0.4, 0.5) is 0 Å². The zero-order valence-corrected chi connectivity index (χ0v) is 17.7. The van der Waals surface area contributed by atoms with Crippen molar-refractivity contribution in [2.24, 2.45) is 12.2 Å². The Morgan fingerprint density at radius 3 is 2.69 bits per heavy atom. The van der Waals surface area contributed by atoms with Crippen LogP contribution in [0.1, 0.15) is 31.2 Å². The third-order valence-corrected chi connectivity index (χ3v) is 5.65. The summed E-state index contributed by atoms with van der Waals surface area (Å²) in [7, 11) is -0.187. The lowest BCUT2D eigenvalue weighted by Gasteiger charge is -2.16. The van der Waals surface area contributed by atoms with Gasteiger partial charge in [-0.3, -0.25) is 9.48 Å². The largest absolute Gasteiger partial charge is 0.341 e. The standard InChI is InChI=1S/C19H26N6O3S/c1-4-9-25-17-6-5-15(29(20,27)28)10-16(17)22-18(25)7-8-19(26)23(2)12-14-11-21-24(3)13-14/h5-6,10-11,13H,4,7-9,12H2,1-3H3,(H2,20,27,28). The molecule has 0 aliphatic carbocycles. The SMILES string of the molecule is CCCn1c(CCC(=O)N(C)Cc2cnn(C)c2)nc2cc(S(N)(=O)=O)ccc21. The highest BCUT2D eigenvalue weighted by Gasteiger charge is 2.17. The highest BCUT2D eigenvalue weighted by molar-refractivity contribution is 7.89. The number of imidazole rings is 1. The Morgan fingerprint density at radius 1 is 1.31 bits per heavy atom. The predicted octanol–water partition coefficient (Wildman–Crippen LogP) is 1.42. The second-order valence-electron chi connectivity index (χ2n) is 7.15. The van der Waals surface area contributed by atoms with E-state index in [1.54, 1.807) is 28.9 Å². The molecule has 0 aliphatic rings. The van der Waals surface area contributed by atoms with Gasteiger partial charge in [0.15, 0.2) is 0 Å². The van der Waals surface area contributed by atoms with Crippen molar-refractivity contribution in [2.45, 2.75) is 44.2 Å². The molecule has 3 rings (SSSR count). The minimum atomic E-state index is -3.79. The number of nitrogens with two attached hydrogens (primary N) is 1. The molecule has 0 spiro atoms. The normalized spacial score (nSPS) is 11.9. The van der Waals surface area contributed by atoms with Gasteiger partial charge in [0.1, 0.15) is 5.82 Å². The average molecular weight is 419 g/mol. The van der Waals surface area contributed by atoms with Gasteiger partial charge >= 0.3 is 0 Å². The van der Waals surface area contributed by atoms with Crippen LogP contribution in [-0.4, -0.2) is 45.6 Å². The maximum atomic E-state index is 12.6. The number of aromatic nitrogens is 4. The van der Waals surface area contributed by atoms with E-state index in [1.165, 1.54) is 12.1 Å². The lowest BCUT2D eigenvalue weighted by atomic mass is 10.2. The van der Waals surface area contributed by atoms with Crippen molar-refractivity contribution in [1.29, 1.82) is 0 Å². The van der Waals surface area contributed by atoms with E-state index in [4.69, 9.17) is 5.14 Å². The van der Waals surface area contributed by atoms with Crippen molar-refractivity contribution in [3.8, 4) is 0 Å². The van der Waals surface area contributed by atoms with E-state index in [0.29, 0.717) is 24.9 Å². The number of carbonyl (C=O) groups excluding carboxylic acids is 1. The Balaban J connectivity index is 1.77. The molecule has 2 heterocycles. The molecule has 156 valence electrons. The Labute approximate surface area is 170 Å². The highest BCUT2D eigenvalue weighted by atomic mass is 32.2. The van der Waals surface area contributed by atoms with Crippen molar-refractivity contribution in [1.82, 2.24) is 24.2 Å². The molecular formula is C19H26N6O3S. The maximum Gasteiger partial charge on any atom is 0.238 e. The fourth-order valence-corrected chi connectivity index (χ4v) is 3.86. The van der Waals surface area contributed by atoms with E-state index in [1.807, 2.05) is 17.8 Å². The molecule has 9 nitrogen and oxygen atoms in total. The van der Waals surface area contributed by atoms with E-state index in [2.05, 4.69) is 17.0 Å². The summed E-state index contributed by atoms with van der Waals surface area (Å²) >= 11 is 0. The molecule has 29 heavy (non-hydrogen) atoms. The summed E-state index contributed by atoms with van der Waals surface area (Å²) < 4.78 is 27.0. The van der Waals surface area contributed by atoms with Crippen LogP contribution < -0.4 is 5.14 Å². The number of sulfonamides is 1. The molecule has 0 saturated carbocycles. The van der Waals surface area contributed by atoms with Gasteiger partial charge in [0, 0.05) is 51.8 Å². The molecule has 2 aromatic heterocycles. The molecule has 0 unspecified atom stereocenters. The van der Waals surface area contributed by atoms with Crippen LogP contribution in [0, 0.1) is 0 Å². The minimum Gasteiger partial charge on any atom is -0.341 e. The smallest absolute Gasteiger partial charge is 0.238 e. The Kier molecular flexibility index (Phi) is 6.04. The summed E-state index contributed by atoms with van der Waals surface area (Å²) in [5, 5.41) is 9.35. The van der Waals surface area contributed by atoms with E-state index in [9.17, 15) is 13.2 Å². The molecule has 2 N–H and O–H groups in total. The lowest BCUT2D eigenvalue weighted by molar-refractivity contribution is -0.130. The molecule has 10 heteroatoms. The van der Waals surface area contributed by atoms with E-state index < -0.39 is 10.0 Å². The summed E-state index contributed by atoms with van der Waals surface area (Å²) in [6, 6.07) is 4.69. The van der Waals surface area contributed by atoms with Crippen molar-refractivity contribution in [3.05, 3.63) is 42.0 Å². The molecule has 1 aromatic carbocycles. The van der Waals surface area contributed by atoms with Crippen LogP contribution in [0.2, 0.25) is 0 Å². The summed E-state index contributed by atoms with van der Waals surface area (Å²) in [5.74, 6) is 0.769. The maximum absolute atomic E-state index is 12.6. The average Bonchev–Trinajstić information content (AvgIpc) is 3.22. The monoisotopic (exact) mass is 418 g/mol. The van der Waals surface area contributed by atoms with E-state index >= 15 is 0 Å². The number of benzene rings is 1. The fraction of sp³-hybridized carbons (Fsp3) is 0.421. The zero-order valence-electron chi connectivity index (χ0n) is 16.9. The number of nitrogens with zero attached hydrogens (tertiary/aromatic N) is 5. The van der Waals surface area contributed by atoms with Crippen LogP contribution in [0.5, 0.6) is 0 Å². The number of hydrogen-bond donors (Lipinski definition) is 1. The first-order valence-corrected chi connectivity index (χ1v) is 11.0. The zero-order chi connectivity index (χ0) is 21.2. The summed E-state index contributed by atoms with van der Waals surface area (Å²) in [6.45, 7) is 3.29. The lowest BCUT2D eigenvalue weighted by Crippen LogP contribution is -2.26. The number of hydrogen-bond acceptors (Lipinski definition) is 5. The van der Waals surface area contributed by atoms with Crippen molar-refractivity contribution < 1.29 is 13.2 Å². The van der Waals surface area contributed by atoms with Crippen LogP contribution in [0.15, 0.2) is 35.5 Å². The molecule has 0 bridgehead atoms. The highest BCUT2D eigenvalue weighted by Crippen LogP contribution is 2.21. The fourth-order valence-electron chi connectivity index (χ4n) is 3.33. The topological polar surface area (TPSA) is 116 Å². The molecule has 1 amide bonds. The first-order chi connectivity index (χ1) is 13.7. The van der Waals surface area contributed by atoms with Crippen LogP contribution in [0.25, 0.3) is 11.0 Å². The first-order valence-electron chi connectivity index (χ1n) is 9.42. The summed E-state index contributed by atoms with van der Waals surface area (Å²) in [6.07, 6.45) is 5.30. The third kappa shape index (κ3) is 4.83. The van der Waals surface area contributed by atoms with Gasteiger partial charge < -0.3 is 9.47 Å². The number of primary sulfonamides is 1. The minimum absolute atomic E-state index is 0.00850. The van der Waals surface area contributed by atoms with Gasteiger partial charge in [0.05, 0.1) is 22.1 Å². The number of fused-ring (bicyclic) bond motifs is 1. The molecule has 3 aromatic rings. The number of carbonyl (C=O) groups is 1. The van der Waals surface area contributed by atoms with Crippen molar-refractivity contribution >= 4 is 27.0 Å². The van der Waals surface area contributed by atoms with Crippen LogP contribution >= 0.6 is 0 Å². The molecule has 0 radical (unpaired) electrons.